The van der Waals surface area contributed by atoms with Gasteiger partial charge < -0.3 is 10.6 Å². The van der Waals surface area contributed by atoms with Gasteiger partial charge in [-0.1, -0.05) is 43.3 Å². The van der Waals surface area contributed by atoms with Gasteiger partial charge in [-0.3, -0.25) is 9.59 Å². The Kier molecular flexibility index (Phi) is 6.49. The number of pyridine rings is 1. The van der Waals surface area contributed by atoms with Gasteiger partial charge in [-0.05, 0) is 30.5 Å². The topological polar surface area (TPSA) is 71.1 Å². The molecule has 0 aliphatic heterocycles. The number of hydrogen-bond acceptors (Lipinski definition) is 3. The van der Waals surface area contributed by atoms with Crippen LogP contribution in [0.2, 0.25) is 0 Å². The van der Waals surface area contributed by atoms with Crippen molar-refractivity contribution in [3.8, 4) is 0 Å². The summed E-state index contributed by atoms with van der Waals surface area (Å²) in [6, 6.07) is 13.3. The largest absolute Gasteiger partial charge is 0.355 e. The zero-order valence-corrected chi connectivity index (χ0v) is 14.1. The lowest BCUT2D eigenvalue weighted by molar-refractivity contribution is -0.122. The predicted octanol–water partition coefficient (Wildman–Crippen LogP) is 3.03. The average molecular weight is 325 g/mol. The van der Waals surface area contributed by atoms with Crippen LogP contribution in [-0.2, 0) is 9.59 Å². The van der Waals surface area contributed by atoms with Gasteiger partial charge >= 0.3 is 0 Å². The Morgan fingerprint density at radius 3 is 2.50 bits per heavy atom. The van der Waals surface area contributed by atoms with E-state index in [4.69, 9.17) is 0 Å². The average Bonchev–Trinajstić information content (AvgIpc) is 2.58. The summed E-state index contributed by atoms with van der Waals surface area (Å²) in [6.45, 7) is 4.22. The van der Waals surface area contributed by atoms with Crippen molar-refractivity contribution in [3.05, 3.63) is 59.8 Å². The van der Waals surface area contributed by atoms with Gasteiger partial charge in [-0.25, -0.2) is 4.98 Å². The molecule has 126 valence electrons. The molecule has 1 aromatic heterocycles. The van der Waals surface area contributed by atoms with Crippen molar-refractivity contribution in [1.82, 2.24) is 10.3 Å². The smallest absolute Gasteiger partial charge is 0.227 e. The van der Waals surface area contributed by atoms with Crippen LogP contribution in [-0.4, -0.2) is 23.3 Å². The third kappa shape index (κ3) is 5.19. The summed E-state index contributed by atoms with van der Waals surface area (Å²) in [5.41, 5.74) is 2.03. The first-order chi connectivity index (χ1) is 11.6. The summed E-state index contributed by atoms with van der Waals surface area (Å²) in [7, 11) is 0. The number of anilines is 1. The van der Waals surface area contributed by atoms with Gasteiger partial charge in [0.05, 0.1) is 5.92 Å². The van der Waals surface area contributed by atoms with Gasteiger partial charge in [0.2, 0.25) is 11.8 Å². The van der Waals surface area contributed by atoms with Crippen LogP contribution in [0, 0.1) is 6.92 Å². The minimum Gasteiger partial charge on any atom is -0.355 e. The van der Waals surface area contributed by atoms with Crippen molar-refractivity contribution in [1.29, 1.82) is 0 Å². The summed E-state index contributed by atoms with van der Waals surface area (Å²) in [6.07, 6.45) is 2.63. The molecule has 1 atom stereocenters. The monoisotopic (exact) mass is 325 g/mol. The fourth-order valence-corrected chi connectivity index (χ4v) is 2.43. The molecule has 0 aliphatic carbocycles. The van der Waals surface area contributed by atoms with Crippen LogP contribution < -0.4 is 10.6 Å². The van der Waals surface area contributed by atoms with Crippen LogP contribution >= 0.6 is 0 Å². The van der Waals surface area contributed by atoms with E-state index in [-0.39, 0.29) is 24.2 Å². The van der Waals surface area contributed by atoms with Crippen molar-refractivity contribution in [2.45, 2.75) is 32.6 Å². The molecule has 1 heterocycles. The molecule has 2 rings (SSSR count). The van der Waals surface area contributed by atoms with Crippen molar-refractivity contribution < 1.29 is 9.59 Å². The highest BCUT2D eigenvalue weighted by Crippen LogP contribution is 2.19. The number of hydrogen-bond donors (Lipinski definition) is 2. The summed E-state index contributed by atoms with van der Waals surface area (Å²) < 4.78 is 0. The van der Waals surface area contributed by atoms with Crippen LogP contribution in [0.5, 0.6) is 0 Å². The highest BCUT2D eigenvalue weighted by Gasteiger charge is 2.18. The molecule has 24 heavy (non-hydrogen) atoms. The zero-order chi connectivity index (χ0) is 17.4. The lowest BCUT2D eigenvalue weighted by atomic mass is 9.96. The predicted molar refractivity (Wildman–Crippen MR) is 94.7 cm³/mol. The number of aromatic nitrogens is 1. The van der Waals surface area contributed by atoms with E-state index in [1.54, 1.807) is 12.3 Å². The Bertz CT molecular complexity index is 669. The molecule has 1 unspecified atom stereocenters. The first-order valence-electron chi connectivity index (χ1n) is 8.15. The van der Waals surface area contributed by atoms with E-state index < -0.39 is 0 Å². The van der Waals surface area contributed by atoms with Gasteiger partial charge in [-0.2, -0.15) is 0 Å². The molecule has 5 nitrogen and oxygen atoms in total. The fourth-order valence-electron chi connectivity index (χ4n) is 2.43. The van der Waals surface area contributed by atoms with Crippen LogP contribution in [0.15, 0.2) is 48.7 Å². The van der Waals surface area contributed by atoms with Gasteiger partial charge in [0, 0.05) is 19.2 Å². The Labute approximate surface area is 142 Å². The number of rotatable bonds is 7. The molecule has 0 radical (unpaired) electrons. The molecule has 5 heteroatoms. The van der Waals surface area contributed by atoms with Crippen molar-refractivity contribution in [2.24, 2.45) is 0 Å². The van der Waals surface area contributed by atoms with Crippen molar-refractivity contribution >= 4 is 17.6 Å². The molecule has 0 spiro atoms. The van der Waals surface area contributed by atoms with Gasteiger partial charge in [0.15, 0.2) is 0 Å². The molecule has 1 aromatic carbocycles. The first kappa shape index (κ1) is 17.7. The van der Waals surface area contributed by atoms with Crippen LogP contribution in [0.3, 0.4) is 0 Å². The minimum absolute atomic E-state index is 0.0510. The van der Waals surface area contributed by atoms with Crippen LogP contribution in [0.4, 0.5) is 5.82 Å². The molecule has 0 bridgehead atoms. The maximum absolute atomic E-state index is 12.3. The number of nitrogens with one attached hydrogen (secondary N) is 2. The minimum atomic E-state index is -0.187. The second kappa shape index (κ2) is 8.82. The number of aryl methyl sites for hydroxylation is 1. The number of carbonyl (C=O) groups excluding carboxylic acids is 2. The highest BCUT2D eigenvalue weighted by atomic mass is 16.2. The molecule has 0 fully saturated rings. The van der Waals surface area contributed by atoms with E-state index in [0.29, 0.717) is 12.4 Å². The van der Waals surface area contributed by atoms with E-state index in [1.807, 2.05) is 50.2 Å². The zero-order valence-electron chi connectivity index (χ0n) is 14.1. The fraction of sp³-hybridized carbons (Fsp3) is 0.316. The van der Waals surface area contributed by atoms with E-state index >= 15 is 0 Å². The molecule has 2 amide bonds. The number of benzene rings is 1. The molecular weight excluding hydrogens is 302 g/mol. The molecule has 2 N–H and O–H groups in total. The normalized spacial score (nSPS) is 11.6. The number of amides is 2. The summed E-state index contributed by atoms with van der Waals surface area (Å²) >= 11 is 0. The maximum atomic E-state index is 12.3. The molecular formula is C19H23N3O2. The SMILES string of the molecule is CCC(C(=O)NCCC(=O)Nc1ccc(C)cn1)c1ccccc1. The molecule has 0 aliphatic rings. The number of nitrogens with zero attached hydrogens (tertiary/aromatic N) is 1. The Balaban J connectivity index is 1.79. The molecule has 2 aromatic rings. The Hall–Kier alpha value is -2.69. The van der Waals surface area contributed by atoms with Crippen molar-refractivity contribution in [2.75, 3.05) is 11.9 Å². The molecule has 0 saturated heterocycles. The molecule has 0 saturated carbocycles. The van der Waals surface area contributed by atoms with Crippen molar-refractivity contribution in [3.63, 3.8) is 0 Å². The second-order valence-electron chi connectivity index (χ2n) is 5.68. The summed E-state index contributed by atoms with van der Waals surface area (Å²) in [5.74, 6) is 0.116. The third-order valence-corrected chi connectivity index (χ3v) is 3.76. The van der Waals surface area contributed by atoms with Gasteiger partial charge in [0.25, 0.3) is 0 Å². The Morgan fingerprint density at radius 1 is 1.12 bits per heavy atom. The van der Waals surface area contributed by atoms with E-state index in [2.05, 4.69) is 15.6 Å². The lowest BCUT2D eigenvalue weighted by Crippen LogP contribution is -2.31. The van der Waals surface area contributed by atoms with Gasteiger partial charge in [-0.15, -0.1) is 0 Å². The maximum Gasteiger partial charge on any atom is 0.227 e. The van der Waals surface area contributed by atoms with E-state index in [9.17, 15) is 9.59 Å². The van der Waals surface area contributed by atoms with E-state index in [0.717, 1.165) is 17.5 Å². The van der Waals surface area contributed by atoms with Crippen LogP contribution in [0.1, 0.15) is 36.8 Å². The summed E-state index contributed by atoms with van der Waals surface area (Å²) in [5, 5.41) is 5.55. The third-order valence-electron chi connectivity index (χ3n) is 3.76. The van der Waals surface area contributed by atoms with E-state index in [1.165, 1.54) is 0 Å². The quantitative estimate of drug-likeness (QED) is 0.822. The standard InChI is InChI=1S/C19H23N3O2/c1-3-16(15-7-5-4-6-8-15)19(24)20-12-11-18(23)22-17-10-9-14(2)13-21-17/h4-10,13,16H,3,11-12H2,1-2H3,(H,20,24)(H,21,22,23). The Morgan fingerprint density at radius 2 is 1.88 bits per heavy atom. The van der Waals surface area contributed by atoms with Crippen LogP contribution in [0.25, 0.3) is 0 Å². The second-order valence-corrected chi connectivity index (χ2v) is 5.68. The number of carbonyl (C=O) groups is 2. The lowest BCUT2D eigenvalue weighted by Gasteiger charge is -2.15. The highest BCUT2D eigenvalue weighted by molar-refractivity contribution is 5.90. The summed E-state index contributed by atoms with van der Waals surface area (Å²) in [4.78, 5) is 28.3. The first-order valence-corrected chi connectivity index (χ1v) is 8.15. The van der Waals surface area contributed by atoms with Gasteiger partial charge in [0.1, 0.15) is 5.82 Å².